The number of aliphatic hydroxyl groups excluding tert-OH is 1. The molecule has 0 aliphatic heterocycles. The van der Waals surface area contributed by atoms with Crippen molar-refractivity contribution < 1.29 is 9.90 Å². The predicted molar refractivity (Wildman–Crippen MR) is 53.9 cm³/mol. The van der Waals surface area contributed by atoms with Gasteiger partial charge < -0.3 is 10.4 Å². The number of alkyl halides is 1. The van der Waals surface area contributed by atoms with E-state index in [1.54, 1.807) is 0 Å². The minimum Gasteiger partial charge on any atom is -0.394 e. The third kappa shape index (κ3) is 3.96. The number of aliphatic hydroxyl groups is 1. The zero-order valence-electron chi connectivity index (χ0n) is 8.27. The lowest BCUT2D eigenvalue weighted by molar-refractivity contribution is -0.123. The van der Waals surface area contributed by atoms with Crippen molar-refractivity contribution in [3.05, 3.63) is 0 Å². The van der Waals surface area contributed by atoms with Gasteiger partial charge in [0.25, 0.3) is 0 Å². The quantitative estimate of drug-likeness (QED) is 0.645. The van der Waals surface area contributed by atoms with Gasteiger partial charge in [0, 0.05) is 12.3 Å². The van der Waals surface area contributed by atoms with Gasteiger partial charge in [-0.3, -0.25) is 4.79 Å². The van der Waals surface area contributed by atoms with Gasteiger partial charge in [-0.15, -0.1) is 11.6 Å². The fraction of sp³-hybridized carbons (Fsp3) is 0.889. The smallest absolute Gasteiger partial charge is 0.221 e. The molecular formula is C9H18ClNO2. The summed E-state index contributed by atoms with van der Waals surface area (Å²) >= 11 is 5.43. The summed E-state index contributed by atoms with van der Waals surface area (Å²) in [6, 6.07) is 0. The van der Waals surface area contributed by atoms with E-state index in [1.165, 1.54) is 0 Å². The number of nitrogens with one attached hydrogen (secondary N) is 1. The van der Waals surface area contributed by atoms with Crippen molar-refractivity contribution in [2.24, 2.45) is 0 Å². The second-order valence-corrected chi connectivity index (χ2v) is 3.51. The first-order valence-corrected chi connectivity index (χ1v) is 5.15. The number of carbonyl (C=O) groups is 1. The van der Waals surface area contributed by atoms with E-state index in [1.807, 2.05) is 13.8 Å². The van der Waals surface area contributed by atoms with Crippen LogP contribution in [0.25, 0.3) is 0 Å². The first kappa shape index (κ1) is 12.7. The minimum absolute atomic E-state index is 0.0198. The van der Waals surface area contributed by atoms with Crippen molar-refractivity contribution >= 4 is 17.5 Å². The van der Waals surface area contributed by atoms with Crippen LogP contribution in [0.1, 0.15) is 33.1 Å². The highest BCUT2D eigenvalue weighted by Gasteiger charge is 2.26. The van der Waals surface area contributed by atoms with Crippen LogP contribution in [0.5, 0.6) is 0 Å². The molecule has 0 heterocycles. The van der Waals surface area contributed by atoms with Crippen LogP contribution >= 0.6 is 11.6 Å². The highest BCUT2D eigenvalue weighted by atomic mass is 35.5. The summed E-state index contributed by atoms with van der Waals surface area (Å²) in [5.74, 6) is 0.230. The lowest BCUT2D eigenvalue weighted by Crippen LogP contribution is -2.50. The van der Waals surface area contributed by atoms with Gasteiger partial charge in [-0.05, 0) is 12.8 Å². The highest BCUT2D eigenvalue weighted by Crippen LogP contribution is 2.14. The summed E-state index contributed by atoms with van der Waals surface area (Å²) in [7, 11) is 0. The molecule has 13 heavy (non-hydrogen) atoms. The Kier molecular flexibility index (Phi) is 6.08. The Morgan fingerprint density at radius 3 is 2.31 bits per heavy atom. The molecule has 0 fully saturated rings. The summed E-state index contributed by atoms with van der Waals surface area (Å²) in [5.41, 5.74) is -0.455. The fourth-order valence-electron chi connectivity index (χ4n) is 1.13. The third-order valence-electron chi connectivity index (χ3n) is 2.38. The van der Waals surface area contributed by atoms with E-state index in [9.17, 15) is 4.79 Å². The van der Waals surface area contributed by atoms with Crippen molar-refractivity contribution in [3.63, 3.8) is 0 Å². The summed E-state index contributed by atoms with van der Waals surface area (Å²) in [6.07, 6.45) is 1.77. The molecule has 3 nitrogen and oxygen atoms in total. The molecule has 0 saturated heterocycles. The molecule has 0 rings (SSSR count). The van der Waals surface area contributed by atoms with Crippen molar-refractivity contribution in [2.75, 3.05) is 12.5 Å². The Labute approximate surface area is 84.5 Å². The average Bonchev–Trinajstić information content (AvgIpc) is 2.15. The molecule has 4 heteroatoms. The van der Waals surface area contributed by atoms with Crippen LogP contribution in [0.2, 0.25) is 0 Å². The first-order chi connectivity index (χ1) is 6.14. The molecule has 0 aliphatic carbocycles. The van der Waals surface area contributed by atoms with E-state index in [4.69, 9.17) is 16.7 Å². The van der Waals surface area contributed by atoms with Crippen molar-refractivity contribution in [2.45, 2.75) is 38.6 Å². The molecule has 78 valence electrons. The molecule has 0 bridgehead atoms. The Bertz CT molecular complexity index is 149. The van der Waals surface area contributed by atoms with Crippen molar-refractivity contribution in [1.82, 2.24) is 5.32 Å². The van der Waals surface area contributed by atoms with Gasteiger partial charge in [-0.25, -0.2) is 0 Å². The number of halogens is 1. The molecule has 0 spiro atoms. The van der Waals surface area contributed by atoms with Gasteiger partial charge in [-0.2, -0.15) is 0 Å². The second kappa shape index (κ2) is 6.22. The van der Waals surface area contributed by atoms with E-state index < -0.39 is 5.54 Å². The zero-order valence-corrected chi connectivity index (χ0v) is 9.02. The van der Waals surface area contributed by atoms with Crippen LogP contribution in [0.15, 0.2) is 0 Å². The Morgan fingerprint density at radius 1 is 1.46 bits per heavy atom. The number of hydrogen-bond donors (Lipinski definition) is 2. The van der Waals surface area contributed by atoms with Crippen LogP contribution in [-0.2, 0) is 4.79 Å². The normalized spacial score (nSPS) is 11.4. The molecule has 0 unspecified atom stereocenters. The summed E-state index contributed by atoms with van der Waals surface area (Å²) < 4.78 is 0. The Hall–Kier alpha value is -0.280. The maximum Gasteiger partial charge on any atom is 0.221 e. The van der Waals surface area contributed by atoms with E-state index in [0.717, 1.165) is 12.8 Å². The molecule has 0 aromatic heterocycles. The maximum absolute atomic E-state index is 11.2. The standard InChI is InChI=1S/C9H18ClNO2/c1-3-9(4-2,7-12)11-8(13)5-6-10/h12H,3-7H2,1-2H3,(H,11,13). The molecular weight excluding hydrogens is 190 g/mol. The monoisotopic (exact) mass is 207 g/mol. The van der Waals surface area contributed by atoms with Crippen LogP contribution in [0.4, 0.5) is 0 Å². The van der Waals surface area contributed by atoms with Gasteiger partial charge in [0.15, 0.2) is 0 Å². The molecule has 1 amide bonds. The lowest BCUT2D eigenvalue weighted by atomic mass is 9.94. The molecule has 0 aliphatic rings. The average molecular weight is 208 g/mol. The molecule has 0 aromatic carbocycles. The fourth-order valence-corrected chi connectivity index (χ4v) is 1.31. The Balaban J connectivity index is 4.16. The van der Waals surface area contributed by atoms with Crippen LogP contribution in [0.3, 0.4) is 0 Å². The molecule has 0 atom stereocenters. The summed E-state index contributed by atoms with van der Waals surface area (Å²) in [4.78, 5) is 11.2. The minimum atomic E-state index is -0.455. The third-order valence-corrected chi connectivity index (χ3v) is 2.57. The van der Waals surface area contributed by atoms with Crippen LogP contribution in [-0.4, -0.2) is 29.0 Å². The molecule has 2 N–H and O–H groups in total. The summed E-state index contributed by atoms with van der Waals surface area (Å²) in [6.45, 7) is 3.87. The largest absolute Gasteiger partial charge is 0.394 e. The number of rotatable bonds is 6. The van der Waals surface area contributed by atoms with E-state index >= 15 is 0 Å². The first-order valence-electron chi connectivity index (χ1n) is 4.62. The molecule has 0 aromatic rings. The maximum atomic E-state index is 11.2. The number of amides is 1. The van der Waals surface area contributed by atoms with Crippen molar-refractivity contribution in [1.29, 1.82) is 0 Å². The van der Waals surface area contributed by atoms with Gasteiger partial charge >= 0.3 is 0 Å². The predicted octanol–water partition coefficient (Wildman–Crippen LogP) is 1.28. The zero-order chi connectivity index (χ0) is 10.3. The molecule has 0 saturated carbocycles. The molecule has 0 radical (unpaired) electrons. The van der Waals surface area contributed by atoms with E-state index in [-0.39, 0.29) is 12.5 Å². The van der Waals surface area contributed by atoms with Gasteiger partial charge in [0.2, 0.25) is 5.91 Å². The van der Waals surface area contributed by atoms with Gasteiger partial charge in [0.05, 0.1) is 12.1 Å². The topological polar surface area (TPSA) is 49.3 Å². The van der Waals surface area contributed by atoms with E-state index in [2.05, 4.69) is 5.32 Å². The Morgan fingerprint density at radius 2 is 2.00 bits per heavy atom. The lowest BCUT2D eigenvalue weighted by Gasteiger charge is -2.30. The number of hydrogen-bond acceptors (Lipinski definition) is 2. The summed E-state index contributed by atoms with van der Waals surface area (Å²) in [5, 5.41) is 12.0. The van der Waals surface area contributed by atoms with Gasteiger partial charge in [-0.1, -0.05) is 13.8 Å². The van der Waals surface area contributed by atoms with Gasteiger partial charge in [0.1, 0.15) is 0 Å². The van der Waals surface area contributed by atoms with Crippen molar-refractivity contribution in [3.8, 4) is 0 Å². The second-order valence-electron chi connectivity index (χ2n) is 3.13. The SMILES string of the molecule is CCC(CC)(CO)NC(=O)CCCl. The number of carbonyl (C=O) groups excluding carboxylic acids is 1. The van der Waals surface area contributed by atoms with Crippen LogP contribution < -0.4 is 5.32 Å². The van der Waals surface area contributed by atoms with E-state index in [0.29, 0.717) is 12.3 Å². The highest BCUT2D eigenvalue weighted by molar-refractivity contribution is 6.18. The van der Waals surface area contributed by atoms with Crippen LogP contribution in [0, 0.1) is 0 Å².